The van der Waals surface area contributed by atoms with E-state index in [1.807, 2.05) is 18.2 Å². The predicted molar refractivity (Wildman–Crippen MR) is 69.6 cm³/mol. The van der Waals surface area contributed by atoms with Crippen LogP contribution in [0.4, 0.5) is 5.69 Å². The minimum atomic E-state index is -0.413. The van der Waals surface area contributed by atoms with Crippen molar-refractivity contribution in [1.82, 2.24) is 0 Å². The summed E-state index contributed by atoms with van der Waals surface area (Å²) in [6, 6.07) is 7.31. The number of carbonyl (C=O) groups excluding carboxylic acids is 1. The first kappa shape index (κ1) is 12.9. The van der Waals surface area contributed by atoms with Crippen molar-refractivity contribution < 1.29 is 14.6 Å². The highest BCUT2D eigenvalue weighted by Gasteiger charge is 2.25. The molecule has 1 aromatic carbocycles. The molecule has 0 heterocycles. The molecule has 98 valence electrons. The fourth-order valence-corrected chi connectivity index (χ4v) is 2.24. The number of aliphatic hydroxyl groups excluding tert-OH is 1. The number of amides is 1. The molecule has 18 heavy (non-hydrogen) atoms. The number of carbonyl (C=O) groups is 1. The number of hydrogen-bond acceptors (Lipinski definition) is 3. The van der Waals surface area contributed by atoms with Gasteiger partial charge in [-0.3, -0.25) is 4.79 Å². The molecular weight excluding hydrogens is 230 g/mol. The van der Waals surface area contributed by atoms with E-state index in [0.717, 1.165) is 25.7 Å². The second kappa shape index (κ2) is 5.87. The van der Waals surface area contributed by atoms with Gasteiger partial charge < -0.3 is 15.2 Å². The van der Waals surface area contributed by atoms with Crippen LogP contribution in [0.1, 0.15) is 32.6 Å². The van der Waals surface area contributed by atoms with Crippen LogP contribution in [0.15, 0.2) is 24.3 Å². The molecule has 4 nitrogen and oxygen atoms in total. The maximum Gasteiger partial charge on any atom is 0.221 e. The summed E-state index contributed by atoms with van der Waals surface area (Å²) >= 11 is 0. The highest BCUT2D eigenvalue weighted by Crippen LogP contribution is 2.29. The zero-order chi connectivity index (χ0) is 13.0. The van der Waals surface area contributed by atoms with Gasteiger partial charge >= 0.3 is 0 Å². The fourth-order valence-electron chi connectivity index (χ4n) is 2.24. The molecule has 0 radical (unpaired) electrons. The van der Waals surface area contributed by atoms with Crippen molar-refractivity contribution in [2.45, 2.75) is 44.8 Å². The Morgan fingerprint density at radius 1 is 1.33 bits per heavy atom. The molecule has 0 aromatic heterocycles. The van der Waals surface area contributed by atoms with Gasteiger partial charge in [-0.25, -0.2) is 0 Å². The maximum absolute atomic E-state index is 11.1. The summed E-state index contributed by atoms with van der Waals surface area (Å²) < 4.78 is 5.83. The van der Waals surface area contributed by atoms with Crippen LogP contribution in [-0.4, -0.2) is 23.2 Å². The number of para-hydroxylation sites is 2. The normalized spacial score (nSPS) is 23.4. The largest absolute Gasteiger partial charge is 0.486 e. The van der Waals surface area contributed by atoms with Gasteiger partial charge in [-0.15, -0.1) is 0 Å². The van der Waals surface area contributed by atoms with Crippen LogP contribution in [0.2, 0.25) is 0 Å². The van der Waals surface area contributed by atoms with E-state index in [1.165, 1.54) is 6.92 Å². The van der Waals surface area contributed by atoms with Gasteiger partial charge in [0.2, 0.25) is 5.91 Å². The van der Waals surface area contributed by atoms with E-state index in [-0.39, 0.29) is 12.0 Å². The van der Waals surface area contributed by atoms with E-state index in [4.69, 9.17) is 4.74 Å². The van der Waals surface area contributed by atoms with Crippen LogP contribution in [0, 0.1) is 0 Å². The summed E-state index contributed by atoms with van der Waals surface area (Å²) in [5, 5.41) is 12.6. The Bertz CT molecular complexity index is 419. The van der Waals surface area contributed by atoms with Gasteiger partial charge in [-0.05, 0) is 31.4 Å². The van der Waals surface area contributed by atoms with Crippen LogP contribution in [0.5, 0.6) is 5.75 Å². The third kappa shape index (κ3) is 3.23. The van der Waals surface area contributed by atoms with Crippen molar-refractivity contribution in [3.63, 3.8) is 0 Å². The first-order chi connectivity index (χ1) is 8.66. The zero-order valence-electron chi connectivity index (χ0n) is 10.6. The summed E-state index contributed by atoms with van der Waals surface area (Å²) in [6.45, 7) is 1.46. The van der Waals surface area contributed by atoms with Gasteiger partial charge in [0.15, 0.2) is 0 Å². The van der Waals surface area contributed by atoms with Crippen LogP contribution in [0.3, 0.4) is 0 Å². The smallest absolute Gasteiger partial charge is 0.221 e. The SMILES string of the molecule is CC(=O)Nc1ccccc1O[C@@H]1CCCC[C@H]1O. The lowest BCUT2D eigenvalue weighted by Gasteiger charge is -2.28. The van der Waals surface area contributed by atoms with Crippen molar-refractivity contribution in [2.75, 3.05) is 5.32 Å². The number of ether oxygens (including phenoxy) is 1. The van der Waals surface area contributed by atoms with Crippen molar-refractivity contribution in [3.05, 3.63) is 24.3 Å². The second-order valence-corrected chi connectivity index (χ2v) is 4.69. The summed E-state index contributed by atoms with van der Waals surface area (Å²) in [7, 11) is 0. The quantitative estimate of drug-likeness (QED) is 0.864. The molecule has 0 aliphatic heterocycles. The molecule has 4 heteroatoms. The molecule has 0 bridgehead atoms. The molecule has 2 N–H and O–H groups in total. The molecule has 0 unspecified atom stereocenters. The highest BCUT2D eigenvalue weighted by atomic mass is 16.5. The average Bonchev–Trinajstić information content (AvgIpc) is 2.34. The Kier molecular flexibility index (Phi) is 4.20. The molecule has 0 saturated heterocycles. The molecule has 2 atom stereocenters. The number of anilines is 1. The van der Waals surface area contributed by atoms with E-state index in [1.54, 1.807) is 6.07 Å². The summed E-state index contributed by atoms with van der Waals surface area (Å²) in [5.74, 6) is 0.494. The average molecular weight is 249 g/mol. The Hall–Kier alpha value is -1.55. The van der Waals surface area contributed by atoms with Gasteiger partial charge in [0.25, 0.3) is 0 Å². The number of benzene rings is 1. The summed E-state index contributed by atoms with van der Waals surface area (Å²) in [6.07, 6.45) is 3.18. The van der Waals surface area contributed by atoms with Gasteiger partial charge in [0, 0.05) is 6.92 Å². The van der Waals surface area contributed by atoms with Crippen LogP contribution >= 0.6 is 0 Å². The molecular formula is C14H19NO3. The maximum atomic E-state index is 11.1. The standard InChI is InChI=1S/C14H19NO3/c1-10(16)15-11-6-2-4-8-13(11)18-14-9-5-3-7-12(14)17/h2,4,6,8,12,14,17H,3,5,7,9H2,1H3,(H,15,16)/t12-,14-/m1/s1. The van der Waals surface area contributed by atoms with E-state index >= 15 is 0 Å². The summed E-state index contributed by atoms with van der Waals surface area (Å²) in [5.41, 5.74) is 0.655. The van der Waals surface area contributed by atoms with E-state index in [0.29, 0.717) is 11.4 Å². The monoisotopic (exact) mass is 249 g/mol. The van der Waals surface area contributed by atoms with Crippen molar-refractivity contribution in [2.24, 2.45) is 0 Å². The third-order valence-corrected chi connectivity index (χ3v) is 3.14. The van der Waals surface area contributed by atoms with Gasteiger partial charge in [-0.2, -0.15) is 0 Å². The molecule has 1 aliphatic rings. The van der Waals surface area contributed by atoms with Crippen LogP contribution < -0.4 is 10.1 Å². The second-order valence-electron chi connectivity index (χ2n) is 4.69. The molecule has 1 amide bonds. The highest BCUT2D eigenvalue weighted by molar-refractivity contribution is 5.90. The Morgan fingerprint density at radius 3 is 2.78 bits per heavy atom. The molecule has 1 fully saturated rings. The Balaban J connectivity index is 2.10. The number of aliphatic hydroxyl groups is 1. The van der Waals surface area contributed by atoms with E-state index in [9.17, 15) is 9.90 Å². The zero-order valence-corrected chi connectivity index (χ0v) is 10.6. The molecule has 1 aliphatic carbocycles. The van der Waals surface area contributed by atoms with Crippen LogP contribution in [0.25, 0.3) is 0 Å². The first-order valence-electron chi connectivity index (χ1n) is 6.38. The third-order valence-electron chi connectivity index (χ3n) is 3.14. The van der Waals surface area contributed by atoms with E-state index < -0.39 is 6.10 Å². The predicted octanol–water partition coefficient (Wildman–Crippen LogP) is 2.33. The topological polar surface area (TPSA) is 58.6 Å². The number of hydrogen-bond donors (Lipinski definition) is 2. The van der Waals surface area contributed by atoms with Crippen molar-refractivity contribution in [1.29, 1.82) is 0 Å². The molecule has 1 saturated carbocycles. The molecule has 0 spiro atoms. The number of nitrogens with one attached hydrogen (secondary N) is 1. The lowest BCUT2D eigenvalue weighted by Crippen LogP contribution is -2.34. The minimum absolute atomic E-state index is 0.129. The fraction of sp³-hybridized carbons (Fsp3) is 0.500. The van der Waals surface area contributed by atoms with Gasteiger partial charge in [0.05, 0.1) is 11.8 Å². The van der Waals surface area contributed by atoms with Crippen molar-refractivity contribution in [3.8, 4) is 5.75 Å². The van der Waals surface area contributed by atoms with Gasteiger partial charge in [0.1, 0.15) is 11.9 Å². The van der Waals surface area contributed by atoms with Crippen LogP contribution in [-0.2, 0) is 4.79 Å². The lowest BCUT2D eigenvalue weighted by molar-refractivity contribution is -0.114. The van der Waals surface area contributed by atoms with Crippen molar-refractivity contribution >= 4 is 11.6 Å². The Labute approximate surface area is 107 Å². The minimum Gasteiger partial charge on any atom is -0.486 e. The Morgan fingerprint density at radius 2 is 2.06 bits per heavy atom. The molecule has 2 rings (SSSR count). The number of rotatable bonds is 3. The lowest BCUT2D eigenvalue weighted by atomic mass is 9.95. The molecule has 1 aromatic rings. The first-order valence-corrected chi connectivity index (χ1v) is 6.38. The van der Waals surface area contributed by atoms with Gasteiger partial charge in [-0.1, -0.05) is 18.6 Å². The summed E-state index contributed by atoms with van der Waals surface area (Å²) in [4.78, 5) is 11.1. The van der Waals surface area contributed by atoms with E-state index in [2.05, 4.69) is 5.32 Å².